The summed E-state index contributed by atoms with van der Waals surface area (Å²) in [6.07, 6.45) is 7.05. The fourth-order valence-electron chi connectivity index (χ4n) is 7.89. The molecule has 0 spiro atoms. The van der Waals surface area contributed by atoms with Crippen LogP contribution in [0, 0.1) is 34.4 Å². The van der Waals surface area contributed by atoms with Crippen molar-refractivity contribution in [2.75, 3.05) is 13.2 Å². The van der Waals surface area contributed by atoms with E-state index in [1.807, 2.05) is 13.8 Å². The van der Waals surface area contributed by atoms with Gasteiger partial charge in [-0.05, 0) is 116 Å². The Kier molecular flexibility index (Phi) is 9.98. The van der Waals surface area contributed by atoms with Gasteiger partial charge in [-0.3, -0.25) is 14.4 Å². The number of halogens is 1. The van der Waals surface area contributed by atoms with Gasteiger partial charge in [-0.2, -0.15) is 0 Å². The summed E-state index contributed by atoms with van der Waals surface area (Å²) in [6, 6.07) is 2.28. The molecule has 5 rings (SSSR count). The summed E-state index contributed by atoms with van der Waals surface area (Å²) in [5, 5.41) is 16.5. The van der Waals surface area contributed by atoms with Crippen molar-refractivity contribution in [2.24, 2.45) is 28.6 Å². The van der Waals surface area contributed by atoms with Gasteiger partial charge in [0.2, 0.25) is 5.91 Å². The second kappa shape index (κ2) is 13.3. The Labute approximate surface area is 272 Å². The molecule has 4 aliphatic rings. The maximum absolute atomic E-state index is 15.4. The Morgan fingerprint density at radius 1 is 1.02 bits per heavy atom. The van der Waals surface area contributed by atoms with Crippen LogP contribution >= 0.6 is 0 Å². The summed E-state index contributed by atoms with van der Waals surface area (Å²) in [4.78, 5) is 40.3. The normalized spacial score (nSPS) is 30.0. The third-order valence-electron chi connectivity index (χ3n) is 10.7. The molecule has 1 aromatic rings. The second-order valence-corrected chi connectivity index (χ2v) is 15.9. The molecule has 256 valence electrons. The third kappa shape index (κ3) is 7.47. The third-order valence-corrected chi connectivity index (χ3v) is 10.7. The van der Waals surface area contributed by atoms with Crippen LogP contribution in [0.1, 0.15) is 116 Å². The predicted octanol–water partition coefficient (Wildman–Crippen LogP) is 5.71. The van der Waals surface area contributed by atoms with Crippen molar-refractivity contribution < 1.29 is 38.1 Å². The molecule has 2 amide bonds. The van der Waals surface area contributed by atoms with E-state index < -0.39 is 34.8 Å². The first-order valence-electron chi connectivity index (χ1n) is 17.2. The monoisotopic (exact) mass is 644 g/mol. The Bertz CT molecular complexity index is 1300. The lowest BCUT2D eigenvalue weighted by atomic mass is 9.70. The summed E-state index contributed by atoms with van der Waals surface area (Å²) in [5.74, 6) is -1.30. The molecular weight excluding hydrogens is 591 g/mol. The highest BCUT2D eigenvalue weighted by atomic mass is 19.1. The van der Waals surface area contributed by atoms with Crippen LogP contribution in [0.3, 0.4) is 0 Å². The molecule has 0 aromatic heterocycles. The lowest BCUT2D eigenvalue weighted by molar-refractivity contribution is -0.174. The first-order chi connectivity index (χ1) is 21.6. The average Bonchev–Trinajstić information content (AvgIpc) is 3.57. The van der Waals surface area contributed by atoms with E-state index >= 15 is 4.39 Å². The minimum Gasteiger partial charge on any atom is -0.490 e. The number of benzene rings is 1. The Hall–Kier alpha value is -2.88. The number of aliphatic hydroxyl groups is 1. The van der Waals surface area contributed by atoms with Crippen LogP contribution in [-0.2, 0) is 14.3 Å². The largest absolute Gasteiger partial charge is 0.490 e. The Morgan fingerprint density at radius 3 is 2.28 bits per heavy atom. The number of aliphatic hydroxyl groups excluding tert-OH is 1. The SMILES string of the molecule is CC(C)Oc1cc(F)c(O[C@H]2CC[C@@](CO)(C(=O)OC(C)(C)C)CC2)cc1C(=O)N[C@@H]1[C@H]2CC[C@H](C2)[C@@H]1C(=O)NCC1(C)CCC1. The fraction of sp³-hybridized carbons (Fsp3) is 0.750. The number of hydrogen-bond acceptors (Lipinski definition) is 7. The molecule has 0 heterocycles. The molecule has 46 heavy (non-hydrogen) atoms. The number of hydrogen-bond donors (Lipinski definition) is 3. The van der Waals surface area contributed by atoms with Crippen molar-refractivity contribution >= 4 is 17.8 Å². The summed E-state index contributed by atoms with van der Waals surface area (Å²) >= 11 is 0. The van der Waals surface area contributed by atoms with E-state index in [1.54, 1.807) is 20.8 Å². The molecule has 4 aliphatic carbocycles. The number of fused-ring (bicyclic) bond motifs is 2. The molecule has 1 aromatic carbocycles. The van der Waals surface area contributed by atoms with Crippen LogP contribution in [0.2, 0.25) is 0 Å². The summed E-state index contributed by atoms with van der Waals surface area (Å²) < 4.78 is 33.0. The molecule has 4 saturated carbocycles. The van der Waals surface area contributed by atoms with E-state index in [9.17, 15) is 19.5 Å². The first-order valence-corrected chi connectivity index (χ1v) is 17.2. The second-order valence-electron chi connectivity index (χ2n) is 15.9. The lowest BCUT2D eigenvalue weighted by Gasteiger charge is -2.39. The molecule has 3 N–H and O–H groups in total. The molecule has 0 aliphatic heterocycles. The topological polar surface area (TPSA) is 123 Å². The van der Waals surface area contributed by atoms with E-state index in [0.717, 1.165) is 32.1 Å². The van der Waals surface area contributed by atoms with Crippen LogP contribution in [0.4, 0.5) is 4.39 Å². The summed E-state index contributed by atoms with van der Waals surface area (Å²) in [6.45, 7) is 11.5. The summed E-state index contributed by atoms with van der Waals surface area (Å²) in [7, 11) is 0. The van der Waals surface area contributed by atoms with E-state index in [1.165, 1.54) is 18.6 Å². The number of rotatable bonds is 11. The maximum atomic E-state index is 15.4. The van der Waals surface area contributed by atoms with E-state index in [4.69, 9.17) is 14.2 Å². The highest BCUT2D eigenvalue weighted by Gasteiger charge is 2.52. The van der Waals surface area contributed by atoms with Gasteiger partial charge in [0.25, 0.3) is 5.91 Å². The first kappa shape index (κ1) is 34.5. The van der Waals surface area contributed by atoms with Crippen LogP contribution in [0.15, 0.2) is 12.1 Å². The standard InChI is InChI=1S/C36H53FN2O7/c1-21(2)44-27-18-26(37)28(45-24-10-14-36(20-40,15-11-24)33(43)46-34(3,4)5)17-25(27)31(41)39-30-23-9-8-22(16-23)29(30)32(42)38-19-35(6)12-7-13-35/h17-18,21-24,29-30,40H,7-16,19-20H2,1-6H3,(H,38,42)(H,39,41)/t22-,23+,24-,29+,30-,36+/m1/s1. The molecular formula is C36H53FN2O7. The highest BCUT2D eigenvalue weighted by Crippen LogP contribution is 2.49. The van der Waals surface area contributed by atoms with Gasteiger partial charge >= 0.3 is 5.97 Å². The molecule has 0 unspecified atom stereocenters. The number of carbonyl (C=O) groups excluding carboxylic acids is 3. The molecule has 0 radical (unpaired) electrons. The molecule has 9 nitrogen and oxygen atoms in total. The van der Waals surface area contributed by atoms with Crippen molar-refractivity contribution in [2.45, 2.75) is 130 Å². The van der Waals surface area contributed by atoms with Crippen molar-refractivity contribution in [3.63, 3.8) is 0 Å². The number of amides is 2. The van der Waals surface area contributed by atoms with Crippen LogP contribution in [-0.4, -0.2) is 59.9 Å². The van der Waals surface area contributed by atoms with Gasteiger partial charge in [-0.25, -0.2) is 4.39 Å². The molecule has 4 fully saturated rings. The van der Waals surface area contributed by atoms with Gasteiger partial charge in [-0.15, -0.1) is 0 Å². The van der Waals surface area contributed by atoms with Gasteiger partial charge in [0.1, 0.15) is 11.4 Å². The molecule has 10 heteroatoms. The molecule has 0 saturated heterocycles. The number of carbonyl (C=O) groups is 3. The minimum atomic E-state index is -1.02. The lowest BCUT2D eigenvalue weighted by Crippen LogP contribution is -2.51. The van der Waals surface area contributed by atoms with Crippen molar-refractivity contribution in [1.29, 1.82) is 0 Å². The van der Waals surface area contributed by atoms with E-state index in [0.29, 0.717) is 32.2 Å². The molecule has 2 bridgehead atoms. The number of nitrogens with one attached hydrogen (secondary N) is 2. The van der Waals surface area contributed by atoms with Crippen molar-refractivity contribution in [3.8, 4) is 11.5 Å². The predicted molar refractivity (Wildman–Crippen MR) is 171 cm³/mol. The number of esters is 1. The van der Waals surface area contributed by atoms with E-state index in [2.05, 4.69) is 17.6 Å². The van der Waals surface area contributed by atoms with Crippen molar-refractivity contribution in [1.82, 2.24) is 10.6 Å². The van der Waals surface area contributed by atoms with Crippen LogP contribution < -0.4 is 20.1 Å². The minimum absolute atomic E-state index is 0.00930. The Morgan fingerprint density at radius 2 is 1.70 bits per heavy atom. The van der Waals surface area contributed by atoms with Crippen molar-refractivity contribution in [3.05, 3.63) is 23.5 Å². The highest BCUT2D eigenvalue weighted by molar-refractivity contribution is 5.98. The zero-order valence-corrected chi connectivity index (χ0v) is 28.4. The fourth-order valence-corrected chi connectivity index (χ4v) is 7.89. The Balaban J connectivity index is 1.30. The summed E-state index contributed by atoms with van der Waals surface area (Å²) in [5.41, 5.74) is -1.39. The quantitative estimate of drug-likeness (QED) is 0.264. The van der Waals surface area contributed by atoms with E-state index in [-0.39, 0.29) is 64.9 Å². The van der Waals surface area contributed by atoms with Gasteiger partial charge < -0.3 is 30.0 Å². The van der Waals surface area contributed by atoms with Crippen LogP contribution in [0.25, 0.3) is 0 Å². The van der Waals surface area contributed by atoms with Crippen LogP contribution in [0.5, 0.6) is 11.5 Å². The van der Waals surface area contributed by atoms with Gasteiger partial charge in [0.15, 0.2) is 11.6 Å². The average molecular weight is 645 g/mol. The van der Waals surface area contributed by atoms with Gasteiger partial charge in [-0.1, -0.05) is 13.3 Å². The van der Waals surface area contributed by atoms with Gasteiger partial charge in [0.05, 0.1) is 35.7 Å². The maximum Gasteiger partial charge on any atom is 0.314 e. The zero-order valence-electron chi connectivity index (χ0n) is 28.4. The molecule has 4 atom stereocenters. The number of ether oxygens (including phenoxy) is 3. The smallest absolute Gasteiger partial charge is 0.314 e. The van der Waals surface area contributed by atoms with Gasteiger partial charge in [0, 0.05) is 18.7 Å². The zero-order chi connectivity index (χ0) is 33.4.